The van der Waals surface area contributed by atoms with E-state index in [-0.39, 0.29) is 12.1 Å². The summed E-state index contributed by atoms with van der Waals surface area (Å²) in [5.41, 5.74) is 1.07. The van der Waals surface area contributed by atoms with E-state index in [0.29, 0.717) is 10.0 Å². The molecule has 0 aromatic heterocycles. The van der Waals surface area contributed by atoms with Gasteiger partial charge in [-0.1, -0.05) is 29.3 Å². The van der Waals surface area contributed by atoms with E-state index in [1.54, 1.807) is 0 Å². The Kier molecular flexibility index (Phi) is 8.99. The monoisotopic (exact) mass is 400 g/mol. The fraction of sp³-hybridized carbons (Fsp3) is 0.632. The first-order chi connectivity index (χ1) is 12.5. The highest BCUT2D eigenvalue weighted by atomic mass is 35.5. The third kappa shape index (κ3) is 6.95. The van der Waals surface area contributed by atoms with Gasteiger partial charge in [-0.25, -0.2) is 0 Å². The molecule has 1 aliphatic heterocycles. The minimum Gasteiger partial charge on any atom is -0.393 e. The molecule has 0 aliphatic carbocycles. The van der Waals surface area contributed by atoms with Crippen molar-refractivity contribution in [1.82, 2.24) is 15.5 Å². The number of aliphatic imine (C=N–C) groups is 1. The minimum absolute atomic E-state index is 0.0751. The number of halogens is 2. The summed E-state index contributed by atoms with van der Waals surface area (Å²) < 4.78 is 0. The number of rotatable bonds is 7. The molecular formula is C19H30Cl2N4O. The molecule has 1 aromatic carbocycles. The molecule has 1 aromatic rings. The van der Waals surface area contributed by atoms with Gasteiger partial charge in [0.25, 0.3) is 0 Å². The Morgan fingerprint density at radius 3 is 2.69 bits per heavy atom. The normalized spacial score (nSPS) is 18.0. The Balaban J connectivity index is 1.82. The lowest BCUT2D eigenvalue weighted by molar-refractivity contribution is 0.0824. The van der Waals surface area contributed by atoms with Gasteiger partial charge in [-0.3, -0.25) is 4.99 Å². The van der Waals surface area contributed by atoms with Gasteiger partial charge in [-0.05, 0) is 57.4 Å². The number of nitrogens with one attached hydrogen (secondary N) is 2. The highest BCUT2D eigenvalue weighted by molar-refractivity contribution is 6.42. The summed E-state index contributed by atoms with van der Waals surface area (Å²) >= 11 is 12.1. The number of hydrogen-bond acceptors (Lipinski definition) is 3. The van der Waals surface area contributed by atoms with E-state index >= 15 is 0 Å². The van der Waals surface area contributed by atoms with Crippen LogP contribution in [-0.4, -0.2) is 54.8 Å². The number of nitrogens with zero attached hydrogens (tertiary/aromatic N) is 2. The molecule has 1 aliphatic rings. The molecule has 0 amide bonds. The van der Waals surface area contributed by atoms with E-state index in [4.69, 9.17) is 23.2 Å². The molecule has 146 valence electrons. The van der Waals surface area contributed by atoms with Crippen molar-refractivity contribution in [2.75, 3.05) is 32.7 Å². The third-order valence-electron chi connectivity index (χ3n) is 4.60. The Labute approximate surface area is 166 Å². The van der Waals surface area contributed by atoms with Crippen LogP contribution >= 0.6 is 23.2 Å². The lowest BCUT2D eigenvalue weighted by Crippen LogP contribution is -2.39. The van der Waals surface area contributed by atoms with Crippen molar-refractivity contribution in [2.45, 2.75) is 45.3 Å². The van der Waals surface area contributed by atoms with Crippen LogP contribution in [0.4, 0.5) is 0 Å². The zero-order valence-electron chi connectivity index (χ0n) is 15.6. The highest BCUT2D eigenvalue weighted by Crippen LogP contribution is 2.25. The zero-order valence-corrected chi connectivity index (χ0v) is 17.2. The van der Waals surface area contributed by atoms with Crippen molar-refractivity contribution in [2.24, 2.45) is 4.99 Å². The topological polar surface area (TPSA) is 59.9 Å². The number of piperidine rings is 1. The van der Waals surface area contributed by atoms with Gasteiger partial charge < -0.3 is 20.6 Å². The summed E-state index contributed by atoms with van der Waals surface area (Å²) in [6.07, 6.45) is 2.66. The lowest BCUT2D eigenvalue weighted by atomic mass is 10.1. The second kappa shape index (κ2) is 11.0. The Hall–Kier alpha value is -1.01. The van der Waals surface area contributed by atoms with E-state index < -0.39 is 0 Å². The molecule has 1 fully saturated rings. The molecular weight excluding hydrogens is 371 g/mol. The number of hydrogen-bond donors (Lipinski definition) is 3. The Bertz CT molecular complexity index is 589. The quantitative estimate of drug-likeness (QED) is 0.372. The number of benzene rings is 1. The molecule has 0 bridgehead atoms. The standard InChI is InChI=1S/C19H30Cl2N4O/c1-3-22-19(23-9-4-10-25-11-7-16(26)8-12-25)24-14(2)15-5-6-17(20)18(21)13-15/h5-6,13-14,16,26H,3-4,7-12H2,1-2H3,(H2,22,23,24). The number of guanidine groups is 1. The first-order valence-electron chi connectivity index (χ1n) is 9.39. The fourth-order valence-electron chi connectivity index (χ4n) is 3.02. The first-order valence-corrected chi connectivity index (χ1v) is 10.2. The zero-order chi connectivity index (χ0) is 18.9. The largest absolute Gasteiger partial charge is 0.393 e. The predicted molar refractivity (Wildman–Crippen MR) is 110 cm³/mol. The maximum Gasteiger partial charge on any atom is 0.191 e. The summed E-state index contributed by atoms with van der Waals surface area (Å²) in [4.78, 5) is 7.08. The van der Waals surface area contributed by atoms with Crippen LogP contribution in [0.2, 0.25) is 10.0 Å². The van der Waals surface area contributed by atoms with Gasteiger partial charge in [0.15, 0.2) is 5.96 Å². The maximum absolute atomic E-state index is 9.56. The Morgan fingerprint density at radius 1 is 1.31 bits per heavy atom. The van der Waals surface area contributed by atoms with Crippen molar-refractivity contribution < 1.29 is 5.11 Å². The van der Waals surface area contributed by atoms with Crippen LogP contribution < -0.4 is 10.6 Å². The van der Waals surface area contributed by atoms with E-state index in [2.05, 4.69) is 34.4 Å². The molecule has 5 nitrogen and oxygen atoms in total. The predicted octanol–water partition coefficient (Wildman–Crippen LogP) is 3.46. The van der Waals surface area contributed by atoms with Gasteiger partial charge in [-0.2, -0.15) is 0 Å². The number of aliphatic hydroxyl groups is 1. The molecule has 1 saturated heterocycles. The van der Waals surface area contributed by atoms with Gasteiger partial charge in [0.2, 0.25) is 0 Å². The van der Waals surface area contributed by atoms with E-state index in [1.165, 1.54) is 0 Å². The van der Waals surface area contributed by atoms with Crippen molar-refractivity contribution in [3.63, 3.8) is 0 Å². The summed E-state index contributed by atoms with van der Waals surface area (Å²) in [7, 11) is 0. The van der Waals surface area contributed by atoms with Crippen LogP contribution in [0.3, 0.4) is 0 Å². The van der Waals surface area contributed by atoms with Crippen LogP contribution in [0, 0.1) is 0 Å². The molecule has 0 spiro atoms. The molecule has 26 heavy (non-hydrogen) atoms. The van der Waals surface area contributed by atoms with Gasteiger partial charge in [-0.15, -0.1) is 0 Å². The van der Waals surface area contributed by atoms with E-state index in [9.17, 15) is 5.11 Å². The minimum atomic E-state index is -0.114. The van der Waals surface area contributed by atoms with Crippen LogP contribution in [0.25, 0.3) is 0 Å². The number of aliphatic hydroxyl groups excluding tert-OH is 1. The molecule has 0 saturated carbocycles. The van der Waals surface area contributed by atoms with Crippen molar-refractivity contribution in [3.05, 3.63) is 33.8 Å². The van der Waals surface area contributed by atoms with Gasteiger partial charge in [0.1, 0.15) is 0 Å². The Morgan fingerprint density at radius 2 is 2.04 bits per heavy atom. The van der Waals surface area contributed by atoms with Crippen molar-refractivity contribution in [1.29, 1.82) is 0 Å². The molecule has 7 heteroatoms. The van der Waals surface area contributed by atoms with E-state index in [0.717, 1.165) is 63.5 Å². The summed E-state index contributed by atoms with van der Waals surface area (Å²) in [5, 5.41) is 17.4. The summed E-state index contributed by atoms with van der Waals surface area (Å²) in [6, 6.07) is 5.75. The second-order valence-corrected chi connectivity index (χ2v) is 7.54. The second-order valence-electron chi connectivity index (χ2n) is 6.73. The SMILES string of the molecule is CCNC(=NCCCN1CCC(O)CC1)NC(C)c1ccc(Cl)c(Cl)c1. The molecule has 3 N–H and O–H groups in total. The smallest absolute Gasteiger partial charge is 0.191 e. The molecule has 0 radical (unpaired) electrons. The maximum atomic E-state index is 9.56. The van der Waals surface area contributed by atoms with Crippen LogP contribution in [0.1, 0.15) is 44.7 Å². The third-order valence-corrected chi connectivity index (χ3v) is 5.34. The molecule has 1 heterocycles. The van der Waals surface area contributed by atoms with Crippen LogP contribution in [0.15, 0.2) is 23.2 Å². The summed E-state index contributed by atoms with van der Waals surface area (Å²) in [5.74, 6) is 0.806. The van der Waals surface area contributed by atoms with Crippen LogP contribution in [-0.2, 0) is 0 Å². The first kappa shape index (κ1) is 21.3. The van der Waals surface area contributed by atoms with Crippen LogP contribution in [0.5, 0.6) is 0 Å². The lowest BCUT2D eigenvalue weighted by Gasteiger charge is -2.29. The molecule has 1 unspecified atom stereocenters. The van der Waals surface area contributed by atoms with Crippen molar-refractivity contribution >= 4 is 29.2 Å². The molecule has 2 rings (SSSR count). The average Bonchev–Trinajstić information content (AvgIpc) is 2.62. The molecule has 1 atom stereocenters. The van der Waals surface area contributed by atoms with E-state index in [1.807, 2.05) is 18.2 Å². The van der Waals surface area contributed by atoms with Gasteiger partial charge in [0.05, 0.1) is 22.2 Å². The summed E-state index contributed by atoms with van der Waals surface area (Å²) in [6.45, 7) is 8.70. The fourth-order valence-corrected chi connectivity index (χ4v) is 3.32. The van der Waals surface area contributed by atoms with Crippen molar-refractivity contribution in [3.8, 4) is 0 Å². The highest BCUT2D eigenvalue weighted by Gasteiger charge is 2.16. The average molecular weight is 401 g/mol. The van der Waals surface area contributed by atoms with Gasteiger partial charge >= 0.3 is 0 Å². The number of likely N-dealkylation sites (tertiary alicyclic amines) is 1. The van der Waals surface area contributed by atoms with Gasteiger partial charge in [0, 0.05) is 26.2 Å².